The van der Waals surface area contributed by atoms with Crippen LogP contribution in [-0.2, 0) is 26.4 Å². The summed E-state index contributed by atoms with van der Waals surface area (Å²) in [5.41, 5.74) is 1.51. The highest BCUT2D eigenvalue weighted by Crippen LogP contribution is 2.28. The lowest BCUT2D eigenvalue weighted by Crippen LogP contribution is -2.37. The standard InChI is InChI=1S/C23H25F3N4O2/c1-28-21(23(24,25)26)27-30(22(28)31)19-11-13-29(14-12-19)15-17-7-9-20(10-8-17)32-16-18-5-3-2-4-6-18/h2-10,19H,11-16H2,1H3. The Bertz CT molecular complexity index is 1080. The Morgan fingerprint density at radius 3 is 2.25 bits per heavy atom. The maximum Gasteiger partial charge on any atom is 0.451 e. The maximum atomic E-state index is 13.0. The third-order valence-electron chi connectivity index (χ3n) is 5.74. The zero-order chi connectivity index (χ0) is 22.7. The normalized spacial score (nSPS) is 15.8. The molecule has 170 valence electrons. The molecule has 9 heteroatoms. The molecule has 0 spiro atoms. The molecule has 0 radical (unpaired) electrons. The minimum atomic E-state index is -4.64. The first-order chi connectivity index (χ1) is 15.3. The molecule has 2 aromatic carbocycles. The fourth-order valence-corrected chi connectivity index (χ4v) is 3.95. The van der Waals surface area contributed by atoms with E-state index < -0.39 is 17.7 Å². The summed E-state index contributed by atoms with van der Waals surface area (Å²) < 4.78 is 46.5. The minimum Gasteiger partial charge on any atom is -0.489 e. The summed E-state index contributed by atoms with van der Waals surface area (Å²) in [6.07, 6.45) is -3.49. The predicted octanol–water partition coefficient (Wildman–Crippen LogP) is 4.02. The topological polar surface area (TPSA) is 52.3 Å². The largest absolute Gasteiger partial charge is 0.489 e. The van der Waals surface area contributed by atoms with E-state index in [1.54, 1.807) is 0 Å². The van der Waals surface area contributed by atoms with Gasteiger partial charge < -0.3 is 4.74 Å². The van der Waals surface area contributed by atoms with Gasteiger partial charge in [-0.15, -0.1) is 5.10 Å². The summed E-state index contributed by atoms with van der Waals surface area (Å²) in [5.74, 6) is -0.356. The SMILES string of the molecule is Cn1c(C(F)(F)F)nn(C2CCN(Cc3ccc(OCc4ccccc4)cc3)CC2)c1=O. The van der Waals surface area contributed by atoms with Gasteiger partial charge in [0.15, 0.2) is 0 Å². The minimum absolute atomic E-state index is 0.324. The number of hydrogen-bond acceptors (Lipinski definition) is 4. The molecular formula is C23H25F3N4O2. The lowest BCUT2D eigenvalue weighted by Gasteiger charge is -2.31. The molecule has 2 heterocycles. The summed E-state index contributed by atoms with van der Waals surface area (Å²) in [6.45, 7) is 2.61. The van der Waals surface area contributed by atoms with E-state index in [1.807, 2.05) is 54.6 Å². The van der Waals surface area contributed by atoms with Crippen LogP contribution in [0.1, 0.15) is 35.8 Å². The van der Waals surface area contributed by atoms with Gasteiger partial charge in [0.25, 0.3) is 0 Å². The number of piperidine rings is 1. The van der Waals surface area contributed by atoms with Gasteiger partial charge in [-0.25, -0.2) is 9.48 Å². The molecule has 1 aromatic heterocycles. The Kier molecular flexibility index (Phi) is 6.36. The first-order valence-corrected chi connectivity index (χ1v) is 10.5. The third kappa shape index (κ3) is 5.04. The van der Waals surface area contributed by atoms with Gasteiger partial charge in [0.2, 0.25) is 5.82 Å². The van der Waals surface area contributed by atoms with Crippen LogP contribution in [0.25, 0.3) is 0 Å². The zero-order valence-corrected chi connectivity index (χ0v) is 17.8. The van der Waals surface area contributed by atoms with Crippen LogP contribution < -0.4 is 10.4 Å². The highest BCUT2D eigenvalue weighted by Gasteiger charge is 2.39. The number of aromatic nitrogens is 3. The Morgan fingerprint density at radius 2 is 1.66 bits per heavy atom. The number of nitrogens with zero attached hydrogens (tertiary/aromatic N) is 4. The average Bonchev–Trinajstić information content (AvgIpc) is 3.09. The summed E-state index contributed by atoms with van der Waals surface area (Å²) in [4.78, 5) is 14.5. The van der Waals surface area contributed by atoms with Crippen molar-refractivity contribution in [2.45, 2.75) is 38.2 Å². The molecule has 0 bridgehead atoms. The molecule has 0 atom stereocenters. The first kappa shape index (κ1) is 22.1. The maximum absolute atomic E-state index is 13.0. The fraction of sp³-hybridized carbons (Fsp3) is 0.391. The van der Waals surface area contributed by atoms with E-state index in [4.69, 9.17) is 4.74 Å². The van der Waals surface area contributed by atoms with Crippen molar-refractivity contribution in [2.75, 3.05) is 13.1 Å². The van der Waals surface area contributed by atoms with Crippen LogP contribution in [-0.4, -0.2) is 32.3 Å². The van der Waals surface area contributed by atoms with Crippen LogP contribution in [0, 0.1) is 0 Å². The summed E-state index contributed by atoms with van der Waals surface area (Å²) >= 11 is 0. The second kappa shape index (κ2) is 9.20. The van der Waals surface area contributed by atoms with Crippen molar-refractivity contribution < 1.29 is 17.9 Å². The Balaban J connectivity index is 1.30. The van der Waals surface area contributed by atoms with Crippen LogP contribution >= 0.6 is 0 Å². The number of likely N-dealkylation sites (tertiary alicyclic amines) is 1. The Hall–Kier alpha value is -3.07. The second-order valence-electron chi connectivity index (χ2n) is 8.03. The number of hydrogen-bond donors (Lipinski definition) is 0. The zero-order valence-electron chi connectivity index (χ0n) is 17.8. The van der Waals surface area contributed by atoms with E-state index >= 15 is 0 Å². The van der Waals surface area contributed by atoms with E-state index in [2.05, 4.69) is 10.00 Å². The van der Waals surface area contributed by atoms with Gasteiger partial charge >= 0.3 is 11.9 Å². The molecular weight excluding hydrogens is 421 g/mol. The lowest BCUT2D eigenvalue weighted by atomic mass is 10.0. The van der Waals surface area contributed by atoms with Crippen molar-refractivity contribution in [3.8, 4) is 5.75 Å². The molecule has 1 aliphatic heterocycles. The highest BCUT2D eigenvalue weighted by atomic mass is 19.4. The van der Waals surface area contributed by atoms with E-state index in [0.717, 1.165) is 35.2 Å². The van der Waals surface area contributed by atoms with Crippen LogP contribution in [0.15, 0.2) is 59.4 Å². The number of halogens is 3. The molecule has 0 aliphatic carbocycles. The second-order valence-corrected chi connectivity index (χ2v) is 8.03. The van der Waals surface area contributed by atoms with E-state index in [0.29, 0.717) is 37.1 Å². The lowest BCUT2D eigenvalue weighted by molar-refractivity contribution is -0.147. The molecule has 0 unspecified atom stereocenters. The number of ether oxygens (including phenoxy) is 1. The molecule has 0 amide bonds. The quantitative estimate of drug-likeness (QED) is 0.574. The molecule has 1 saturated heterocycles. The number of benzene rings is 2. The Labute approximate surface area is 183 Å². The van der Waals surface area contributed by atoms with Crippen molar-refractivity contribution in [3.05, 3.63) is 82.0 Å². The summed E-state index contributed by atoms with van der Waals surface area (Å²) in [6, 6.07) is 17.5. The molecule has 0 saturated carbocycles. The van der Waals surface area contributed by atoms with E-state index in [-0.39, 0.29) is 6.04 Å². The summed E-state index contributed by atoms with van der Waals surface area (Å²) in [7, 11) is 1.11. The van der Waals surface area contributed by atoms with Crippen LogP contribution in [0.5, 0.6) is 5.75 Å². The number of rotatable bonds is 6. The summed E-state index contributed by atoms with van der Waals surface area (Å²) in [5, 5.41) is 3.57. The Morgan fingerprint density at radius 1 is 1.00 bits per heavy atom. The smallest absolute Gasteiger partial charge is 0.451 e. The predicted molar refractivity (Wildman–Crippen MR) is 113 cm³/mol. The van der Waals surface area contributed by atoms with Crippen LogP contribution in [0.4, 0.5) is 13.2 Å². The molecule has 4 rings (SSSR count). The first-order valence-electron chi connectivity index (χ1n) is 10.5. The van der Waals surface area contributed by atoms with Gasteiger partial charge in [-0.05, 0) is 36.1 Å². The van der Waals surface area contributed by atoms with Gasteiger partial charge in [-0.1, -0.05) is 42.5 Å². The van der Waals surface area contributed by atoms with Crippen molar-refractivity contribution in [1.82, 2.24) is 19.2 Å². The van der Waals surface area contributed by atoms with Crippen molar-refractivity contribution in [3.63, 3.8) is 0 Å². The van der Waals surface area contributed by atoms with Gasteiger partial charge in [-0.3, -0.25) is 9.47 Å². The van der Waals surface area contributed by atoms with Gasteiger partial charge in [-0.2, -0.15) is 13.2 Å². The molecule has 0 N–H and O–H groups in total. The molecule has 1 fully saturated rings. The van der Waals surface area contributed by atoms with Crippen LogP contribution in [0.3, 0.4) is 0 Å². The van der Waals surface area contributed by atoms with E-state index in [1.165, 1.54) is 0 Å². The van der Waals surface area contributed by atoms with Gasteiger partial charge in [0, 0.05) is 26.7 Å². The average molecular weight is 446 g/mol. The fourth-order valence-electron chi connectivity index (χ4n) is 3.95. The van der Waals surface area contributed by atoms with Crippen LogP contribution in [0.2, 0.25) is 0 Å². The number of alkyl halides is 3. The molecule has 1 aliphatic rings. The molecule has 3 aromatic rings. The third-order valence-corrected chi connectivity index (χ3v) is 5.74. The molecule has 32 heavy (non-hydrogen) atoms. The van der Waals surface area contributed by atoms with Crippen molar-refractivity contribution in [1.29, 1.82) is 0 Å². The van der Waals surface area contributed by atoms with Gasteiger partial charge in [0.05, 0.1) is 6.04 Å². The molecule has 6 nitrogen and oxygen atoms in total. The van der Waals surface area contributed by atoms with Crippen molar-refractivity contribution in [2.24, 2.45) is 7.05 Å². The van der Waals surface area contributed by atoms with E-state index in [9.17, 15) is 18.0 Å². The van der Waals surface area contributed by atoms with Crippen molar-refractivity contribution >= 4 is 0 Å². The van der Waals surface area contributed by atoms with Gasteiger partial charge in [0.1, 0.15) is 12.4 Å². The monoisotopic (exact) mass is 446 g/mol. The highest BCUT2D eigenvalue weighted by molar-refractivity contribution is 5.28.